The SMILES string of the molecule is COc1ccc(N)c(OC)c1.Nc1ccc(Br)cc1. The summed E-state index contributed by atoms with van der Waals surface area (Å²) >= 11 is 3.29. The van der Waals surface area contributed by atoms with Gasteiger partial charge in [-0.1, -0.05) is 15.9 Å². The predicted octanol–water partition coefficient (Wildman–Crippen LogP) is 3.32. The summed E-state index contributed by atoms with van der Waals surface area (Å²) < 4.78 is 11.0. The van der Waals surface area contributed by atoms with Gasteiger partial charge in [0.2, 0.25) is 0 Å². The first kappa shape index (κ1) is 15.2. The smallest absolute Gasteiger partial charge is 0.145 e. The van der Waals surface area contributed by atoms with Crippen molar-refractivity contribution in [3.63, 3.8) is 0 Å². The molecule has 2 aromatic rings. The van der Waals surface area contributed by atoms with Crippen LogP contribution in [0.4, 0.5) is 11.4 Å². The summed E-state index contributed by atoms with van der Waals surface area (Å²) in [5.41, 5.74) is 12.4. The predicted molar refractivity (Wildman–Crippen MR) is 82.5 cm³/mol. The number of methoxy groups -OCH3 is 2. The molecule has 0 spiro atoms. The number of anilines is 2. The van der Waals surface area contributed by atoms with E-state index in [0.717, 1.165) is 15.9 Å². The van der Waals surface area contributed by atoms with Gasteiger partial charge in [0.25, 0.3) is 0 Å². The van der Waals surface area contributed by atoms with Gasteiger partial charge in [-0.2, -0.15) is 0 Å². The zero-order valence-corrected chi connectivity index (χ0v) is 12.5. The maximum atomic E-state index is 5.57. The average Bonchev–Trinajstić information content (AvgIpc) is 2.43. The molecule has 0 aliphatic rings. The van der Waals surface area contributed by atoms with Gasteiger partial charge < -0.3 is 20.9 Å². The molecule has 0 saturated heterocycles. The van der Waals surface area contributed by atoms with E-state index < -0.39 is 0 Å². The van der Waals surface area contributed by atoms with Crippen molar-refractivity contribution in [1.29, 1.82) is 0 Å². The van der Waals surface area contributed by atoms with E-state index in [2.05, 4.69) is 15.9 Å². The van der Waals surface area contributed by atoms with Crippen molar-refractivity contribution in [1.82, 2.24) is 0 Å². The fourth-order valence-electron chi connectivity index (χ4n) is 1.28. The first-order chi connectivity index (χ1) is 9.06. The van der Waals surface area contributed by atoms with E-state index in [4.69, 9.17) is 20.9 Å². The minimum atomic E-state index is 0.619. The molecular formula is C14H17BrN2O2. The average molecular weight is 325 g/mol. The van der Waals surface area contributed by atoms with Gasteiger partial charge >= 0.3 is 0 Å². The van der Waals surface area contributed by atoms with Crippen molar-refractivity contribution in [3.8, 4) is 11.5 Å². The van der Waals surface area contributed by atoms with E-state index in [1.165, 1.54) is 0 Å². The molecule has 0 aliphatic carbocycles. The lowest BCUT2D eigenvalue weighted by Gasteiger charge is -2.05. The number of benzene rings is 2. The van der Waals surface area contributed by atoms with E-state index in [1.807, 2.05) is 24.3 Å². The first-order valence-electron chi connectivity index (χ1n) is 5.55. The molecule has 0 amide bonds. The highest BCUT2D eigenvalue weighted by atomic mass is 79.9. The van der Waals surface area contributed by atoms with Crippen LogP contribution >= 0.6 is 15.9 Å². The lowest BCUT2D eigenvalue weighted by atomic mass is 10.3. The Labute approximate surface area is 121 Å². The summed E-state index contributed by atoms with van der Waals surface area (Å²) in [6.07, 6.45) is 0. The standard InChI is InChI=1S/C8H11NO2.C6H6BrN/c1-10-6-3-4-7(9)8(5-6)11-2;7-5-1-3-6(8)4-2-5/h3-5H,9H2,1-2H3;1-4H,8H2. The number of ether oxygens (including phenoxy) is 2. The van der Waals surface area contributed by atoms with Crippen LogP contribution in [0.5, 0.6) is 11.5 Å². The molecule has 0 atom stereocenters. The van der Waals surface area contributed by atoms with Gasteiger partial charge in [0.15, 0.2) is 0 Å². The first-order valence-corrected chi connectivity index (χ1v) is 6.34. The lowest BCUT2D eigenvalue weighted by Crippen LogP contribution is -1.92. The third kappa shape index (κ3) is 5.09. The second-order valence-corrected chi connectivity index (χ2v) is 4.58. The van der Waals surface area contributed by atoms with Crippen molar-refractivity contribution >= 4 is 27.3 Å². The third-order valence-electron chi connectivity index (χ3n) is 2.31. The molecule has 4 N–H and O–H groups in total. The number of hydrogen-bond donors (Lipinski definition) is 2. The molecule has 5 heteroatoms. The normalized spacial score (nSPS) is 9.21. The molecule has 0 radical (unpaired) electrons. The Hall–Kier alpha value is -1.88. The van der Waals surface area contributed by atoms with Gasteiger partial charge in [0.1, 0.15) is 11.5 Å². The summed E-state index contributed by atoms with van der Waals surface area (Å²) in [4.78, 5) is 0. The molecule has 19 heavy (non-hydrogen) atoms. The van der Waals surface area contributed by atoms with Crippen LogP contribution in [-0.2, 0) is 0 Å². The van der Waals surface area contributed by atoms with Gasteiger partial charge in [0.05, 0.1) is 19.9 Å². The van der Waals surface area contributed by atoms with Crippen molar-refractivity contribution in [2.75, 3.05) is 25.7 Å². The number of nitrogen functional groups attached to an aromatic ring is 2. The topological polar surface area (TPSA) is 70.5 Å². The van der Waals surface area contributed by atoms with Crippen LogP contribution in [0.2, 0.25) is 0 Å². The molecule has 0 bridgehead atoms. The van der Waals surface area contributed by atoms with Crippen LogP contribution in [0.15, 0.2) is 46.9 Å². The maximum Gasteiger partial charge on any atom is 0.145 e. The molecule has 0 aromatic heterocycles. The third-order valence-corrected chi connectivity index (χ3v) is 2.84. The quantitative estimate of drug-likeness (QED) is 0.831. The minimum absolute atomic E-state index is 0.619. The second-order valence-electron chi connectivity index (χ2n) is 3.66. The Kier molecular flexibility index (Phi) is 6.02. The Morgan fingerprint density at radius 3 is 2.00 bits per heavy atom. The van der Waals surface area contributed by atoms with Crippen LogP contribution in [-0.4, -0.2) is 14.2 Å². The van der Waals surface area contributed by atoms with Gasteiger partial charge in [-0.15, -0.1) is 0 Å². The largest absolute Gasteiger partial charge is 0.497 e. The maximum absolute atomic E-state index is 5.57. The van der Waals surface area contributed by atoms with Gasteiger partial charge in [0, 0.05) is 16.2 Å². The fraction of sp³-hybridized carbons (Fsp3) is 0.143. The molecule has 0 heterocycles. The van der Waals surface area contributed by atoms with Crippen molar-refractivity contribution in [2.45, 2.75) is 0 Å². The van der Waals surface area contributed by atoms with Crippen molar-refractivity contribution in [2.24, 2.45) is 0 Å². The summed E-state index contributed by atoms with van der Waals surface area (Å²) in [7, 11) is 3.18. The van der Waals surface area contributed by atoms with Crippen LogP contribution in [0.3, 0.4) is 0 Å². The van der Waals surface area contributed by atoms with Crippen LogP contribution < -0.4 is 20.9 Å². The molecule has 0 fully saturated rings. The fourth-order valence-corrected chi connectivity index (χ4v) is 1.55. The van der Waals surface area contributed by atoms with E-state index in [1.54, 1.807) is 32.4 Å². The molecule has 4 nitrogen and oxygen atoms in total. The Bertz CT molecular complexity index is 494. The number of halogens is 1. The van der Waals surface area contributed by atoms with Gasteiger partial charge in [-0.05, 0) is 36.4 Å². The Morgan fingerprint density at radius 1 is 0.895 bits per heavy atom. The summed E-state index contributed by atoms with van der Waals surface area (Å²) in [6, 6.07) is 12.8. The number of rotatable bonds is 2. The molecule has 2 aromatic carbocycles. The van der Waals surface area contributed by atoms with Crippen LogP contribution in [0.25, 0.3) is 0 Å². The van der Waals surface area contributed by atoms with Crippen molar-refractivity contribution in [3.05, 3.63) is 46.9 Å². The second kappa shape index (κ2) is 7.53. The summed E-state index contributed by atoms with van der Waals surface area (Å²) in [5, 5.41) is 0. The number of nitrogens with two attached hydrogens (primary N) is 2. The molecule has 0 aliphatic heterocycles. The lowest BCUT2D eigenvalue weighted by molar-refractivity contribution is 0.395. The number of hydrogen-bond acceptors (Lipinski definition) is 4. The monoisotopic (exact) mass is 324 g/mol. The molecule has 0 saturated carbocycles. The van der Waals surface area contributed by atoms with Gasteiger partial charge in [-0.3, -0.25) is 0 Å². The van der Waals surface area contributed by atoms with Gasteiger partial charge in [-0.25, -0.2) is 0 Å². The van der Waals surface area contributed by atoms with Crippen LogP contribution in [0, 0.1) is 0 Å². The Balaban J connectivity index is 0.000000200. The molecular weight excluding hydrogens is 308 g/mol. The van der Waals surface area contributed by atoms with E-state index in [0.29, 0.717) is 11.4 Å². The summed E-state index contributed by atoms with van der Waals surface area (Å²) in [6.45, 7) is 0. The van der Waals surface area contributed by atoms with Crippen molar-refractivity contribution < 1.29 is 9.47 Å². The summed E-state index contributed by atoms with van der Waals surface area (Å²) in [5.74, 6) is 1.39. The zero-order valence-electron chi connectivity index (χ0n) is 10.9. The van der Waals surface area contributed by atoms with E-state index in [9.17, 15) is 0 Å². The highest BCUT2D eigenvalue weighted by molar-refractivity contribution is 9.10. The highest BCUT2D eigenvalue weighted by Gasteiger charge is 1.99. The zero-order chi connectivity index (χ0) is 14.3. The highest BCUT2D eigenvalue weighted by Crippen LogP contribution is 2.25. The Morgan fingerprint density at radius 2 is 1.53 bits per heavy atom. The van der Waals surface area contributed by atoms with E-state index in [-0.39, 0.29) is 0 Å². The molecule has 102 valence electrons. The minimum Gasteiger partial charge on any atom is -0.497 e. The van der Waals surface area contributed by atoms with Crippen LogP contribution in [0.1, 0.15) is 0 Å². The van der Waals surface area contributed by atoms with E-state index >= 15 is 0 Å². The molecule has 2 rings (SSSR count). The molecule has 0 unspecified atom stereocenters.